The molecule has 0 aliphatic heterocycles. The molecule has 1 aromatic rings. The van der Waals surface area contributed by atoms with Gasteiger partial charge >= 0.3 is 0 Å². The second-order valence-electron chi connectivity index (χ2n) is 8.05. The molecule has 0 saturated carbocycles. The lowest BCUT2D eigenvalue weighted by Crippen LogP contribution is -2.24. The molecule has 1 N–H and O–H groups in total. The molecular weight excluding hydrogens is 337 g/mol. The minimum absolute atomic E-state index is 0.247. The predicted molar refractivity (Wildman–Crippen MR) is 120 cm³/mol. The van der Waals surface area contributed by atoms with Gasteiger partial charge in [-0.1, -0.05) is 57.7 Å². The van der Waals surface area contributed by atoms with Crippen LogP contribution in [-0.2, 0) is 4.79 Å². The molecule has 1 rings (SSSR count). The topological polar surface area (TPSA) is 29.1 Å². The van der Waals surface area contributed by atoms with Crippen LogP contribution in [0.25, 0.3) is 0 Å². The van der Waals surface area contributed by atoms with Gasteiger partial charge < -0.3 is 5.32 Å². The van der Waals surface area contributed by atoms with Crippen LogP contribution in [0.3, 0.4) is 0 Å². The summed E-state index contributed by atoms with van der Waals surface area (Å²) in [6, 6.07) is 4.33. The Morgan fingerprint density at radius 1 is 0.846 bits per heavy atom. The summed E-state index contributed by atoms with van der Waals surface area (Å²) in [6.45, 7) is 13.1. The molecule has 0 bridgehead atoms. The summed E-state index contributed by atoms with van der Waals surface area (Å²) in [4.78, 5) is 13.0. The van der Waals surface area contributed by atoms with E-state index in [1.165, 1.54) is 73.7 Å². The monoisotopic (exact) mass is 378 g/mol. The second-order valence-corrected chi connectivity index (χ2v) is 12.4. The minimum atomic E-state index is -1.19. The Morgan fingerprint density at radius 2 is 1.27 bits per heavy atom. The van der Waals surface area contributed by atoms with Gasteiger partial charge in [0.1, 0.15) is 6.16 Å². The Hall–Kier alpha value is -0.880. The maximum absolute atomic E-state index is 13.0. The number of anilines is 1. The Kier molecular flexibility index (Phi) is 10.5. The number of carbonyl (C=O) groups excluding carboxylic acids is 1. The highest BCUT2D eigenvalue weighted by Crippen LogP contribution is 2.60. The van der Waals surface area contributed by atoms with E-state index in [-0.39, 0.29) is 5.91 Å². The number of hydrogen-bond acceptors (Lipinski definition) is 1. The average Bonchev–Trinajstić information content (AvgIpc) is 2.59. The average molecular weight is 379 g/mol. The van der Waals surface area contributed by atoms with Crippen molar-refractivity contribution >= 4 is 18.9 Å². The number of unbranched alkanes of at least 4 members (excludes halogenated alkanes) is 3. The molecule has 0 aliphatic rings. The number of rotatable bonds is 12. The van der Waals surface area contributed by atoms with E-state index in [9.17, 15) is 4.79 Å². The number of benzene rings is 1. The number of nitrogens with one attached hydrogen (secondary N) is 1. The number of aryl methyl sites for hydroxylation is 3. The van der Waals surface area contributed by atoms with Crippen molar-refractivity contribution < 1.29 is 4.79 Å². The minimum Gasteiger partial charge on any atom is -0.322 e. The van der Waals surface area contributed by atoms with Crippen LogP contribution in [0.2, 0.25) is 0 Å². The summed E-state index contributed by atoms with van der Waals surface area (Å²) < 4.78 is 0. The fourth-order valence-corrected chi connectivity index (χ4v) is 8.71. The lowest BCUT2D eigenvalue weighted by atomic mass is 10.1. The maximum atomic E-state index is 13.0. The molecule has 0 heterocycles. The van der Waals surface area contributed by atoms with E-state index in [4.69, 9.17) is 0 Å². The van der Waals surface area contributed by atoms with Crippen molar-refractivity contribution in [2.45, 2.75) is 80.1 Å². The highest BCUT2D eigenvalue weighted by molar-refractivity contribution is 7.76. The van der Waals surface area contributed by atoms with Gasteiger partial charge in [0.2, 0.25) is 0 Å². The molecule has 0 aliphatic carbocycles. The first kappa shape index (κ1) is 23.2. The molecule has 1 aromatic carbocycles. The molecule has 3 heteroatoms. The van der Waals surface area contributed by atoms with Crippen molar-refractivity contribution in [2.24, 2.45) is 0 Å². The molecule has 1 amide bonds. The van der Waals surface area contributed by atoms with E-state index >= 15 is 0 Å². The Bertz CT molecular complexity index is 523. The summed E-state index contributed by atoms with van der Waals surface area (Å²) >= 11 is 0. The van der Waals surface area contributed by atoms with Gasteiger partial charge in [0.15, 0.2) is 0 Å². The van der Waals surface area contributed by atoms with Gasteiger partial charge in [-0.3, -0.25) is 4.79 Å². The van der Waals surface area contributed by atoms with Crippen LogP contribution in [0.5, 0.6) is 0 Å². The molecule has 0 spiro atoms. The summed E-state index contributed by atoms with van der Waals surface area (Å²) in [5.41, 5.74) is 4.64. The van der Waals surface area contributed by atoms with Crippen LogP contribution in [0.4, 0.5) is 5.69 Å². The first-order chi connectivity index (χ1) is 12.4. The third-order valence-electron chi connectivity index (χ3n) is 5.38. The predicted octanol–water partition coefficient (Wildman–Crippen LogP) is 6.97. The van der Waals surface area contributed by atoms with Gasteiger partial charge in [-0.25, -0.2) is 0 Å². The lowest BCUT2D eigenvalue weighted by molar-refractivity contribution is -0.113. The van der Waals surface area contributed by atoms with Crippen LogP contribution >= 0.6 is 7.26 Å². The second kappa shape index (κ2) is 11.8. The summed E-state index contributed by atoms with van der Waals surface area (Å²) in [6.07, 6.45) is 12.2. The zero-order chi connectivity index (χ0) is 19.6. The van der Waals surface area contributed by atoms with E-state index in [2.05, 4.69) is 59.0 Å². The molecule has 0 radical (unpaired) electrons. The van der Waals surface area contributed by atoms with Crippen LogP contribution < -0.4 is 5.32 Å². The normalized spacial score (nSPS) is 11.6. The van der Waals surface area contributed by atoms with Crippen molar-refractivity contribution in [3.05, 3.63) is 28.8 Å². The molecule has 26 heavy (non-hydrogen) atoms. The Balaban J connectivity index is 2.95. The van der Waals surface area contributed by atoms with Crippen LogP contribution in [-0.4, -0.2) is 30.6 Å². The zero-order valence-electron chi connectivity index (χ0n) is 18.1. The van der Waals surface area contributed by atoms with Crippen molar-refractivity contribution in [2.75, 3.05) is 30.0 Å². The van der Waals surface area contributed by atoms with Gasteiger partial charge in [0.25, 0.3) is 5.91 Å². The van der Waals surface area contributed by atoms with Crippen molar-refractivity contribution in [3.8, 4) is 0 Å². The summed E-state index contributed by atoms with van der Waals surface area (Å²) in [5.74, 6) is 0.247. The van der Waals surface area contributed by atoms with Crippen molar-refractivity contribution in [1.29, 1.82) is 0 Å². The van der Waals surface area contributed by atoms with Gasteiger partial charge in [0.05, 0.1) is 18.5 Å². The van der Waals surface area contributed by atoms with Crippen LogP contribution in [0, 0.1) is 20.8 Å². The fraction of sp³-hybridized carbons (Fsp3) is 0.696. The number of hydrogen-bond donors (Lipinski definition) is 1. The molecule has 0 unspecified atom stereocenters. The molecule has 0 aromatic heterocycles. The van der Waals surface area contributed by atoms with Gasteiger partial charge in [-0.05, 0) is 51.2 Å². The first-order valence-corrected chi connectivity index (χ1v) is 13.1. The van der Waals surface area contributed by atoms with E-state index in [0.29, 0.717) is 0 Å². The zero-order valence-corrected chi connectivity index (χ0v) is 19.0. The molecular formula is C23H41NOP+. The largest absolute Gasteiger partial charge is 0.322 e. The van der Waals surface area contributed by atoms with E-state index in [1.54, 1.807) is 0 Å². The molecule has 0 atom stereocenters. The number of carbonyl (C=O) groups is 1. The smallest absolute Gasteiger partial charge is 0.261 e. The standard InChI is InChI=1S/C23H40NOP/c1-7-10-13-26(14-11-8-2,15-12-9-3)18-22(25)24-23-20(5)16-19(4)17-21(23)6/h16-17H,7-15,18H2,1-6H3/p+1. The third-order valence-corrected chi connectivity index (χ3v) is 10.1. The van der Waals surface area contributed by atoms with Crippen molar-refractivity contribution in [3.63, 3.8) is 0 Å². The molecule has 0 saturated heterocycles. The number of amides is 1. The van der Waals surface area contributed by atoms with Crippen molar-refractivity contribution in [1.82, 2.24) is 0 Å². The van der Waals surface area contributed by atoms with E-state index < -0.39 is 7.26 Å². The molecule has 2 nitrogen and oxygen atoms in total. The fourth-order valence-electron chi connectivity index (χ4n) is 3.91. The van der Waals surface area contributed by atoms with Crippen LogP contribution in [0.1, 0.15) is 76.0 Å². The highest BCUT2D eigenvalue weighted by atomic mass is 31.2. The van der Waals surface area contributed by atoms with Crippen LogP contribution in [0.15, 0.2) is 12.1 Å². The quantitative estimate of drug-likeness (QED) is 0.391. The molecule has 0 fully saturated rings. The maximum Gasteiger partial charge on any atom is 0.261 e. The van der Waals surface area contributed by atoms with Gasteiger partial charge in [-0.2, -0.15) is 0 Å². The van der Waals surface area contributed by atoms with Gasteiger partial charge in [-0.15, -0.1) is 0 Å². The first-order valence-electron chi connectivity index (χ1n) is 10.6. The Morgan fingerprint density at radius 3 is 1.65 bits per heavy atom. The van der Waals surface area contributed by atoms with E-state index in [0.717, 1.165) is 11.8 Å². The van der Waals surface area contributed by atoms with E-state index in [1.807, 2.05) is 0 Å². The molecule has 148 valence electrons. The Labute approximate surface area is 162 Å². The lowest BCUT2D eigenvalue weighted by Gasteiger charge is -2.27. The summed E-state index contributed by atoms with van der Waals surface area (Å²) in [5, 5.41) is 3.28. The highest BCUT2D eigenvalue weighted by Gasteiger charge is 2.38. The third kappa shape index (κ3) is 7.39. The van der Waals surface area contributed by atoms with Gasteiger partial charge in [0, 0.05) is 12.9 Å². The summed E-state index contributed by atoms with van der Waals surface area (Å²) in [7, 11) is -1.19. The SMILES string of the molecule is CCCC[P+](CCCC)(CCCC)CC(=O)Nc1c(C)cc(C)cc1C.